The lowest BCUT2D eigenvalue weighted by molar-refractivity contribution is -0.0500. The number of nitrogens with zero attached hydrogens (tertiary/aromatic N) is 3. The van der Waals surface area contributed by atoms with Gasteiger partial charge in [0.2, 0.25) is 0 Å². The topological polar surface area (TPSA) is 82.0 Å². The van der Waals surface area contributed by atoms with Gasteiger partial charge >= 0.3 is 15.6 Å². The van der Waals surface area contributed by atoms with Gasteiger partial charge in [-0.2, -0.15) is 21.6 Å². The fourth-order valence-electron chi connectivity index (χ4n) is 8.83. The molecule has 3 heterocycles. The van der Waals surface area contributed by atoms with Crippen LogP contribution < -0.4 is 4.18 Å². The molecule has 0 saturated carbocycles. The van der Waals surface area contributed by atoms with Crippen LogP contribution in [0.3, 0.4) is 0 Å². The molecule has 0 N–H and O–H groups in total. The summed E-state index contributed by atoms with van der Waals surface area (Å²) in [6.07, 6.45) is 5.63. The van der Waals surface area contributed by atoms with E-state index in [4.69, 9.17) is 15.0 Å². The zero-order valence-corrected chi connectivity index (χ0v) is 38.7. The predicted molar refractivity (Wildman–Crippen MR) is 274 cm³/mol. The Kier molecular flexibility index (Phi) is 12.2. The van der Waals surface area contributed by atoms with Crippen LogP contribution >= 0.6 is 0 Å². The highest BCUT2D eigenvalue weighted by atomic mass is 32.2. The zero-order valence-electron chi connectivity index (χ0n) is 37.9. The number of benzene rings is 7. The molecule has 0 bridgehead atoms. The quantitative estimate of drug-likeness (QED) is 0.0949. The molecule has 0 unspecified atom stereocenters. The van der Waals surface area contributed by atoms with Crippen LogP contribution in [0.1, 0.15) is 11.1 Å². The number of hydrogen-bond acceptors (Lipinski definition) is 6. The molecule has 0 amide bonds. The Hall–Kier alpha value is -8.47. The largest absolute Gasteiger partial charge is 0.534 e. The number of aryl methyl sites for hydroxylation is 2. The van der Waals surface area contributed by atoms with E-state index in [-0.39, 0.29) is 0 Å². The molecule has 0 aliphatic carbocycles. The van der Waals surface area contributed by atoms with Crippen LogP contribution in [0, 0.1) is 13.8 Å². The normalized spacial score (nSPS) is 11.6. The van der Waals surface area contributed by atoms with E-state index in [0.29, 0.717) is 11.3 Å². The van der Waals surface area contributed by atoms with Gasteiger partial charge in [0.1, 0.15) is 5.75 Å². The van der Waals surface area contributed by atoms with Crippen LogP contribution in [0.5, 0.6) is 5.75 Å². The van der Waals surface area contributed by atoms with Crippen LogP contribution in [0.15, 0.2) is 219 Å². The fraction of sp³-hybridized carbons (Fsp3) is 0.0500. The van der Waals surface area contributed by atoms with Crippen molar-refractivity contribution in [3.8, 4) is 106 Å². The lowest BCUT2D eigenvalue weighted by atomic mass is 9.86. The third kappa shape index (κ3) is 9.24. The first kappa shape index (κ1) is 45.3. The van der Waals surface area contributed by atoms with E-state index in [1.807, 2.05) is 73.1 Å². The van der Waals surface area contributed by atoms with Crippen LogP contribution in [0.2, 0.25) is 0 Å². The maximum atomic E-state index is 13.1. The molecule has 10 rings (SSSR count). The standard InChI is InChI=1S/C60H42F3N3O3S/c1-39-30-58(41-16-5-3-6-17-41)65-37-55(39)53-26-13-11-24-51(53)46-32-45(33-47(34-46)52-25-12-14-27-54(52)56-38-66-59(31-40(56)2)42-18-7-4-8-19-42)50-23-10-9-22-49(50)44-28-29-57(64-36-44)43-20-15-21-48(35-43)69-70(67,68)60(61,62)63/h3-38H,1-2H3. The van der Waals surface area contributed by atoms with E-state index in [1.54, 1.807) is 18.3 Å². The molecule has 0 aliphatic heterocycles. The van der Waals surface area contributed by atoms with Gasteiger partial charge in [-0.3, -0.25) is 15.0 Å². The Morgan fingerprint density at radius 3 is 1.19 bits per heavy atom. The summed E-state index contributed by atoms with van der Waals surface area (Å²) in [5, 5.41) is 0. The van der Waals surface area contributed by atoms with Gasteiger partial charge in [0.05, 0.1) is 17.1 Å². The molecule has 0 radical (unpaired) electrons. The number of pyridine rings is 3. The molecule has 10 aromatic rings. The molecule has 10 heteroatoms. The summed E-state index contributed by atoms with van der Waals surface area (Å²) in [5.74, 6) is -0.476. The first-order valence-corrected chi connectivity index (χ1v) is 23.9. The number of aromatic nitrogens is 3. The van der Waals surface area contributed by atoms with Gasteiger partial charge in [-0.1, -0.05) is 152 Å². The molecule has 0 fully saturated rings. The van der Waals surface area contributed by atoms with Crippen molar-refractivity contribution in [2.45, 2.75) is 19.4 Å². The van der Waals surface area contributed by atoms with Gasteiger partial charge < -0.3 is 4.18 Å². The SMILES string of the molecule is Cc1cc(-c2ccccc2)ncc1-c1ccccc1-c1cc(-c2ccccc2-c2ccc(-c3cccc(OS(=O)(=O)C(F)(F)F)c3)nc2)cc(-c2ccccc2-c2cnc(-c3ccccc3)cc2C)c1. The summed E-state index contributed by atoms with van der Waals surface area (Å²) in [7, 11) is -5.85. The van der Waals surface area contributed by atoms with Crippen molar-refractivity contribution >= 4 is 10.1 Å². The summed E-state index contributed by atoms with van der Waals surface area (Å²) in [4.78, 5) is 14.6. The van der Waals surface area contributed by atoms with E-state index >= 15 is 0 Å². The molecule has 0 atom stereocenters. The van der Waals surface area contributed by atoms with E-state index in [1.165, 1.54) is 12.1 Å². The smallest absolute Gasteiger partial charge is 0.376 e. The molecule has 0 aliphatic rings. The fourth-order valence-corrected chi connectivity index (χ4v) is 9.29. The van der Waals surface area contributed by atoms with Crippen LogP contribution in [-0.2, 0) is 10.1 Å². The first-order valence-electron chi connectivity index (χ1n) is 22.5. The number of alkyl halides is 3. The van der Waals surface area contributed by atoms with Crippen molar-refractivity contribution < 1.29 is 25.8 Å². The lowest BCUT2D eigenvalue weighted by Crippen LogP contribution is -2.28. The number of hydrogen-bond donors (Lipinski definition) is 0. The molecule has 70 heavy (non-hydrogen) atoms. The lowest BCUT2D eigenvalue weighted by Gasteiger charge is -2.19. The maximum Gasteiger partial charge on any atom is 0.534 e. The molecule has 342 valence electrons. The minimum absolute atomic E-state index is 0.379. The van der Waals surface area contributed by atoms with Crippen LogP contribution in [0.25, 0.3) is 101 Å². The van der Waals surface area contributed by atoms with Crippen molar-refractivity contribution in [2.75, 3.05) is 0 Å². The third-order valence-electron chi connectivity index (χ3n) is 12.3. The van der Waals surface area contributed by atoms with Gasteiger partial charge in [-0.05, 0) is 124 Å². The highest BCUT2D eigenvalue weighted by molar-refractivity contribution is 7.88. The second kappa shape index (κ2) is 18.9. The van der Waals surface area contributed by atoms with Gasteiger partial charge in [0.15, 0.2) is 0 Å². The molecule has 6 nitrogen and oxygen atoms in total. The average molecular weight is 942 g/mol. The first-order chi connectivity index (χ1) is 33.9. The molecule has 7 aromatic carbocycles. The van der Waals surface area contributed by atoms with Crippen LogP contribution in [0.4, 0.5) is 13.2 Å². The molecular formula is C60H42F3N3O3S. The highest BCUT2D eigenvalue weighted by Gasteiger charge is 2.48. The van der Waals surface area contributed by atoms with Gasteiger partial charge in [0.25, 0.3) is 0 Å². The summed E-state index contributed by atoms with van der Waals surface area (Å²) in [5.41, 5.74) is 13.1. The van der Waals surface area contributed by atoms with Crippen molar-refractivity contribution in [2.24, 2.45) is 0 Å². The van der Waals surface area contributed by atoms with E-state index < -0.39 is 21.4 Å². The van der Waals surface area contributed by atoms with Crippen molar-refractivity contribution in [1.82, 2.24) is 15.0 Å². The second-order valence-corrected chi connectivity index (χ2v) is 18.4. The second-order valence-electron chi connectivity index (χ2n) is 16.9. The van der Waals surface area contributed by atoms with Gasteiger partial charge in [-0.25, -0.2) is 0 Å². The summed E-state index contributed by atoms with van der Waals surface area (Å²) in [6.45, 7) is 4.24. The van der Waals surface area contributed by atoms with E-state index in [2.05, 4.69) is 127 Å². The highest BCUT2D eigenvalue weighted by Crippen LogP contribution is 2.43. The maximum absolute atomic E-state index is 13.1. The monoisotopic (exact) mass is 941 g/mol. The van der Waals surface area contributed by atoms with Crippen molar-refractivity contribution in [1.29, 1.82) is 0 Å². The minimum atomic E-state index is -5.85. The molecule has 0 saturated heterocycles. The van der Waals surface area contributed by atoms with E-state index in [0.717, 1.165) is 106 Å². The Balaban J connectivity index is 1.10. The van der Waals surface area contributed by atoms with Gasteiger partial charge in [0, 0.05) is 52.0 Å². The summed E-state index contributed by atoms with van der Waals surface area (Å²) < 4.78 is 67.3. The summed E-state index contributed by atoms with van der Waals surface area (Å²) in [6, 6.07) is 65.2. The number of halogens is 3. The Bertz CT molecular complexity index is 3510. The van der Waals surface area contributed by atoms with Crippen LogP contribution in [-0.4, -0.2) is 28.9 Å². The van der Waals surface area contributed by atoms with Crippen molar-refractivity contribution in [3.63, 3.8) is 0 Å². The minimum Gasteiger partial charge on any atom is -0.376 e. The molecular weight excluding hydrogens is 900 g/mol. The third-order valence-corrected chi connectivity index (χ3v) is 13.3. The Labute approximate surface area is 404 Å². The van der Waals surface area contributed by atoms with Crippen molar-refractivity contribution in [3.05, 3.63) is 230 Å². The predicted octanol–water partition coefficient (Wildman–Crippen LogP) is 15.7. The zero-order chi connectivity index (χ0) is 48.4. The summed E-state index contributed by atoms with van der Waals surface area (Å²) >= 11 is 0. The molecule has 0 spiro atoms. The number of rotatable bonds is 11. The van der Waals surface area contributed by atoms with E-state index in [9.17, 15) is 21.6 Å². The van der Waals surface area contributed by atoms with Gasteiger partial charge in [-0.15, -0.1) is 0 Å². The Morgan fingerprint density at radius 1 is 0.357 bits per heavy atom. The average Bonchev–Trinajstić information content (AvgIpc) is 3.39. The molecule has 3 aromatic heterocycles. The Morgan fingerprint density at radius 2 is 0.757 bits per heavy atom.